The molecule has 1 aliphatic heterocycles. The molecular weight excluding hydrogens is 239 g/mol. The summed E-state index contributed by atoms with van der Waals surface area (Å²) in [7, 11) is -3.24. The predicted octanol–water partition coefficient (Wildman–Crippen LogP) is 1.22. The van der Waals surface area contributed by atoms with Crippen LogP contribution in [0.3, 0.4) is 0 Å². The third-order valence-electron chi connectivity index (χ3n) is 2.10. The molecule has 1 heterocycles. The fraction of sp³-hybridized carbons (Fsp3) is 0.333. The Kier molecular flexibility index (Phi) is 2.63. The van der Waals surface area contributed by atoms with Crippen molar-refractivity contribution in [2.24, 2.45) is 0 Å². The number of ether oxygens (including phenoxy) is 3. The highest BCUT2D eigenvalue weighted by atomic mass is 32.3. The summed E-state index contributed by atoms with van der Waals surface area (Å²) in [5.41, 5.74) is 0.203. The van der Waals surface area contributed by atoms with Crippen molar-refractivity contribution < 1.29 is 26.5 Å². The highest BCUT2D eigenvalue weighted by molar-refractivity contribution is 7.85. The molecule has 1 aromatic carbocycles. The Bertz CT molecular complexity index is 511. The summed E-state index contributed by atoms with van der Waals surface area (Å²) in [6.45, 7) is 0.0598. The van der Waals surface area contributed by atoms with Gasteiger partial charge in [-0.2, -0.15) is 8.42 Å². The molecule has 0 N–H and O–H groups in total. The van der Waals surface area contributed by atoms with Crippen LogP contribution in [0.5, 0.6) is 17.2 Å². The molecule has 0 amide bonds. The van der Waals surface area contributed by atoms with Gasteiger partial charge >= 0.3 is 10.2 Å². The summed E-state index contributed by atoms with van der Waals surface area (Å²) in [5, 5.41) is 0. The molecule has 88 valence electrons. The first-order chi connectivity index (χ1) is 7.49. The van der Waals surface area contributed by atoms with E-state index >= 15 is 0 Å². The van der Waals surface area contributed by atoms with Gasteiger partial charge in [-0.15, -0.1) is 3.89 Å². The van der Waals surface area contributed by atoms with Crippen LogP contribution in [0.25, 0.3) is 0 Å². The van der Waals surface area contributed by atoms with E-state index in [1.165, 1.54) is 19.2 Å². The summed E-state index contributed by atoms with van der Waals surface area (Å²) < 4.78 is 48.8. The van der Waals surface area contributed by atoms with Crippen LogP contribution in [0.2, 0.25) is 0 Å². The highest BCUT2D eigenvalue weighted by Gasteiger charge is 2.21. The summed E-state index contributed by atoms with van der Waals surface area (Å²) in [4.78, 5) is 0. The SMILES string of the molecule is COc1cc2c(cc1CS(=O)(=O)F)OCO2. The first-order valence-electron chi connectivity index (χ1n) is 4.38. The van der Waals surface area contributed by atoms with Gasteiger partial charge in [0.2, 0.25) is 6.79 Å². The Morgan fingerprint density at radius 3 is 2.56 bits per heavy atom. The van der Waals surface area contributed by atoms with Gasteiger partial charge in [-0.3, -0.25) is 0 Å². The summed E-state index contributed by atoms with van der Waals surface area (Å²) >= 11 is 0. The zero-order valence-electron chi connectivity index (χ0n) is 8.40. The third kappa shape index (κ3) is 2.19. The van der Waals surface area contributed by atoms with Crippen LogP contribution in [0.4, 0.5) is 3.89 Å². The minimum atomic E-state index is -4.60. The molecule has 7 heteroatoms. The van der Waals surface area contributed by atoms with E-state index in [2.05, 4.69) is 0 Å². The van der Waals surface area contributed by atoms with Crippen molar-refractivity contribution in [1.29, 1.82) is 0 Å². The molecule has 0 atom stereocenters. The lowest BCUT2D eigenvalue weighted by Gasteiger charge is -2.07. The highest BCUT2D eigenvalue weighted by Crippen LogP contribution is 2.38. The molecule has 0 fully saturated rings. The van der Waals surface area contributed by atoms with Crippen LogP contribution < -0.4 is 14.2 Å². The van der Waals surface area contributed by atoms with Gasteiger partial charge in [0.1, 0.15) is 11.5 Å². The lowest BCUT2D eigenvalue weighted by Crippen LogP contribution is -1.99. The van der Waals surface area contributed by atoms with E-state index in [1.807, 2.05) is 0 Å². The number of rotatable bonds is 3. The van der Waals surface area contributed by atoms with Crippen molar-refractivity contribution in [2.75, 3.05) is 13.9 Å². The number of hydrogen-bond donors (Lipinski definition) is 0. The average molecular weight is 248 g/mol. The van der Waals surface area contributed by atoms with Crippen LogP contribution in [-0.4, -0.2) is 22.3 Å². The van der Waals surface area contributed by atoms with E-state index in [4.69, 9.17) is 14.2 Å². The van der Waals surface area contributed by atoms with E-state index in [0.29, 0.717) is 11.5 Å². The Morgan fingerprint density at radius 1 is 1.38 bits per heavy atom. The third-order valence-corrected chi connectivity index (χ3v) is 2.76. The molecule has 0 bridgehead atoms. The zero-order valence-corrected chi connectivity index (χ0v) is 9.21. The van der Waals surface area contributed by atoms with Gasteiger partial charge < -0.3 is 14.2 Å². The van der Waals surface area contributed by atoms with Crippen LogP contribution in [-0.2, 0) is 16.0 Å². The lowest BCUT2D eigenvalue weighted by atomic mass is 10.2. The zero-order chi connectivity index (χ0) is 11.8. The number of methoxy groups -OCH3 is 1. The second-order valence-corrected chi connectivity index (χ2v) is 4.57. The molecule has 2 rings (SSSR count). The summed E-state index contributed by atoms with van der Waals surface area (Å²) in [6.07, 6.45) is 0. The minimum Gasteiger partial charge on any atom is -0.496 e. The van der Waals surface area contributed by atoms with Gasteiger partial charge in [-0.25, -0.2) is 0 Å². The Balaban J connectivity index is 2.44. The maximum atomic E-state index is 12.6. The van der Waals surface area contributed by atoms with Crippen molar-refractivity contribution in [3.8, 4) is 17.2 Å². The molecule has 0 radical (unpaired) electrons. The second-order valence-electron chi connectivity index (χ2n) is 3.20. The van der Waals surface area contributed by atoms with Gasteiger partial charge in [0.25, 0.3) is 0 Å². The van der Waals surface area contributed by atoms with Crippen LogP contribution in [0.1, 0.15) is 5.56 Å². The van der Waals surface area contributed by atoms with Crippen molar-refractivity contribution in [2.45, 2.75) is 5.75 Å². The molecular formula is C9H9FO5S. The molecule has 0 unspecified atom stereocenters. The molecule has 1 aromatic rings. The van der Waals surface area contributed by atoms with Gasteiger partial charge in [-0.05, 0) is 6.07 Å². The fourth-order valence-corrected chi connectivity index (χ4v) is 2.05. The quantitative estimate of drug-likeness (QED) is 0.753. The maximum absolute atomic E-state index is 12.6. The van der Waals surface area contributed by atoms with E-state index in [1.54, 1.807) is 0 Å². The smallest absolute Gasteiger partial charge is 0.306 e. The first kappa shape index (κ1) is 11.0. The van der Waals surface area contributed by atoms with Crippen molar-refractivity contribution >= 4 is 10.2 Å². The molecule has 0 aliphatic carbocycles. The number of hydrogen-bond acceptors (Lipinski definition) is 5. The van der Waals surface area contributed by atoms with Gasteiger partial charge in [-0.1, -0.05) is 0 Å². The maximum Gasteiger partial charge on any atom is 0.306 e. The van der Waals surface area contributed by atoms with Crippen molar-refractivity contribution in [1.82, 2.24) is 0 Å². The normalized spacial score (nSPS) is 13.9. The van der Waals surface area contributed by atoms with Crippen molar-refractivity contribution in [3.05, 3.63) is 17.7 Å². The molecule has 0 saturated heterocycles. The lowest BCUT2D eigenvalue weighted by molar-refractivity contribution is 0.174. The molecule has 0 saturated carbocycles. The molecule has 16 heavy (non-hydrogen) atoms. The molecule has 0 aromatic heterocycles. The summed E-state index contributed by atoms with van der Waals surface area (Å²) in [5.74, 6) is 0.356. The molecule has 0 spiro atoms. The van der Waals surface area contributed by atoms with Gasteiger partial charge in [0.15, 0.2) is 11.5 Å². The van der Waals surface area contributed by atoms with E-state index < -0.39 is 16.0 Å². The first-order valence-corrected chi connectivity index (χ1v) is 5.94. The second kappa shape index (κ2) is 3.82. The predicted molar refractivity (Wildman–Crippen MR) is 52.8 cm³/mol. The number of fused-ring (bicyclic) bond motifs is 1. The molecule has 1 aliphatic rings. The van der Waals surface area contributed by atoms with E-state index in [-0.39, 0.29) is 18.1 Å². The molecule has 5 nitrogen and oxygen atoms in total. The topological polar surface area (TPSA) is 61.8 Å². The largest absolute Gasteiger partial charge is 0.496 e. The number of halogens is 1. The monoisotopic (exact) mass is 248 g/mol. The number of benzene rings is 1. The summed E-state index contributed by atoms with van der Waals surface area (Å²) in [6, 6.07) is 2.88. The van der Waals surface area contributed by atoms with Gasteiger partial charge in [0.05, 0.1) is 7.11 Å². The van der Waals surface area contributed by atoms with E-state index in [0.717, 1.165) is 0 Å². The fourth-order valence-electron chi connectivity index (χ4n) is 1.45. The van der Waals surface area contributed by atoms with Crippen LogP contribution >= 0.6 is 0 Å². The van der Waals surface area contributed by atoms with Crippen LogP contribution in [0.15, 0.2) is 12.1 Å². The van der Waals surface area contributed by atoms with Crippen molar-refractivity contribution in [3.63, 3.8) is 0 Å². The average Bonchev–Trinajstić information content (AvgIpc) is 2.60. The standard InChI is InChI=1S/C9H9FO5S/c1-13-7-3-9-8(14-5-15-9)2-6(7)4-16(10,11)12/h2-3H,4-5H2,1H3. The van der Waals surface area contributed by atoms with E-state index in [9.17, 15) is 12.3 Å². The van der Waals surface area contributed by atoms with Gasteiger partial charge in [0, 0.05) is 11.6 Å². The Morgan fingerprint density at radius 2 is 2.00 bits per heavy atom. The minimum absolute atomic E-state index is 0.0598. The Labute approximate surface area is 91.9 Å². The van der Waals surface area contributed by atoms with Crippen LogP contribution in [0, 0.1) is 0 Å². The Hall–Kier alpha value is -1.50.